The quantitative estimate of drug-likeness (QED) is 0.768. The molecule has 0 radical (unpaired) electrons. The van der Waals surface area contributed by atoms with Crippen molar-refractivity contribution in [3.05, 3.63) is 45.2 Å². The number of rotatable bonds is 5. The summed E-state index contributed by atoms with van der Waals surface area (Å²) in [4.78, 5) is 19.0. The number of nitrogens with zero attached hydrogens (tertiary/aromatic N) is 2. The molecule has 0 aliphatic heterocycles. The fourth-order valence-corrected chi connectivity index (χ4v) is 3.33. The summed E-state index contributed by atoms with van der Waals surface area (Å²) in [5.41, 5.74) is 0. The summed E-state index contributed by atoms with van der Waals surface area (Å²) in [6.07, 6.45) is 0. The third-order valence-corrected chi connectivity index (χ3v) is 4.94. The maximum absolute atomic E-state index is 11.9. The Hall–Kier alpha value is -1.99. The van der Waals surface area contributed by atoms with E-state index in [2.05, 4.69) is 15.5 Å². The Kier molecular flexibility index (Phi) is 4.35. The number of thiophene rings is 2. The van der Waals surface area contributed by atoms with Crippen molar-refractivity contribution in [3.63, 3.8) is 0 Å². The molecule has 0 atom stereocenters. The third kappa shape index (κ3) is 3.26. The molecule has 114 valence electrons. The van der Waals surface area contributed by atoms with Crippen LogP contribution in [0.1, 0.15) is 40.1 Å². The van der Waals surface area contributed by atoms with Gasteiger partial charge in [-0.3, -0.25) is 4.79 Å². The minimum absolute atomic E-state index is 0.0511. The molecule has 0 aliphatic rings. The van der Waals surface area contributed by atoms with Gasteiger partial charge in [-0.25, -0.2) is 0 Å². The van der Waals surface area contributed by atoms with Gasteiger partial charge in [0.2, 0.25) is 0 Å². The van der Waals surface area contributed by atoms with E-state index in [0.29, 0.717) is 18.3 Å². The Morgan fingerprint density at radius 3 is 2.91 bits per heavy atom. The Morgan fingerprint density at radius 2 is 2.23 bits per heavy atom. The number of nitrogens with one attached hydrogen (secondary N) is 1. The van der Waals surface area contributed by atoms with Crippen LogP contribution in [-0.4, -0.2) is 16.0 Å². The third-order valence-electron chi connectivity index (χ3n) is 3.00. The SMILES string of the molecule is CC(C)c1noc(-c2ccc(CNC(=O)c3cccs3)s2)n1. The Morgan fingerprint density at radius 1 is 1.36 bits per heavy atom. The van der Waals surface area contributed by atoms with Crippen LogP contribution in [0.3, 0.4) is 0 Å². The maximum atomic E-state index is 11.9. The molecule has 22 heavy (non-hydrogen) atoms. The van der Waals surface area contributed by atoms with Crippen LogP contribution in [-0.2, 0) is 6.54 Å². The molecule has 0 saturated carbocycles. The highest BCUT2D eigenvalue weighted by Crippen LogP contribution is 2.27. The summed E-state index contributed by atoms with van der Waals surface area (Å²) >= 11 is 2.97. The lowest BCUT2D eigenvalue weighted by Crippen LogP contribution is -2.21. The zero-order chi connectivity index (χ0) is 15.5. The van der Waals surface area contributed by atoms with Crippen LogP contribution in [0.5, 0.6) is 0 Å². The van der Waals surface area contributed by atoms with Crippen molar-refractivity contribution >= 4 is 28.6 Å². The van der Waals surface area contributed by atoms with Gasteiger partial charge in [-0.1, -0.05) is 25.1 Å². The Bertz CT molecular complexity index is 759. The monoisotopic (exact) mass is 333 g/mol. The molecule has 3 heterocycles. The van der Waals surface area contributed by atoms with Crippen molar-refractivity contribution < 1.29 is 9.32 Å². The number of hydrogen-bond donors (Lipinski definition) is 1. The molecular formula is C15H15N3O2S2. The first-order valence-electron chi connectivity index (χ1n) is 6.88. The average Bonchev–Trinajstić information content (AvgIpc) is 3.23. The zero-order valence-corrected chi connectivity index (χ0v) is 13.8. The van der Waals surface area contributed by atoms with E-state index >= 15 is 0 Å². The van der Waals surface area contributed by atoms with Gasteiger partial charge >= 0.3 is 0 Å². The van der Waals surface area contributed by atoms with Crippen molar-refractivity contribution in [1.82, 2.24) is 15.5 Å². The van der Waals surface area contributed by atoms with Crippen LogP contribution in [0.2, 0.25) is 0 Å². The Balaban J connectivity index is 1.64. The summed E-state index contributed by atoms with van der Waals surface area (Å²) in [6.45, 7) is 4.54. The molecule has 0 aromatic carbocycles. The van der Waals surface area contributed by atoms with Crippen molar-refractivity contribution in [2.24, 2.45) is 0 Å². The maximum Gasteiger partial charge on any atom is 0.268 e. The molecule has 7 heteroatoms. The van der Waals surface area contributed by atoms with Crippen LogP contribution in [0.25, 0.3) is 10.8 Å². The van der Waals surface area contributed by atoms with E-state index in [1.807, 2.05) is 43.5 Å². The molecule has 0 aliphatic carbocycles. The largest absolute Gasteiger partial charge is 0.346 e. The van der Waals surface area contributed by atoms with E-state index in [1.54, 1.807) is 11.3 Å². The highest BCUT2D eigenvalue weighted by Gasteiger charge is 2.14. The van der Waals surface area contributed by atoms with Crippen LogP contribution >= 0.6 is 22.7 Å². The second-order valence-electron chi connectivity index (χ2n) is 5.04. The van der Waals surface area contributed by atoms with Gasteiger partial charge in [-0.15, -0.1) is 22.7 Å². The molecule has 0 bridgehead atoms. The van der Waals surface area contributed by atoms with E-state index in [0.717, 1.165) is 14.6 Å². The lowest BCUT2D eigenvalue weighted by atomic mass is 10.2. The average molecular weight is 333 g/mol. The first-order valence-corrected chi connectivity index (χ1v) is 8.57. The van der Waals surface area contributed by atoms with Gasteiger partial charge in [0.15, 0.2) is 5.82 Å². The van der Waals surface area contributed by atoms with Gasteiger partial charge in [-0.05, 0) is 23.6 Å². The highest BCUT2D eigenvalue weighted by molar-refractivity contribution is 7.15. The highest BCUT2D eigenvalue weighted by atomic mass is 32.1. The summed E-state index contributed by atoms with van der Waals surface area (Å²) in [6, 6.07) is 7.58. The predicted molar refractivity (Wildman–Crippen MR) is 87.2 cm³/mol. The van der Waals surface area contributed by atoms with Crippen LogP contribution in [0.15, 0.2) is 34.2 Å². The second-order valence-corrected chi connectivity index (χ2v) is 7.15. The van der Waals surface area contributed by atoms with Gasteiger partial charge < -0.3 is 9.84 Å². The van der Waals surface area contributed by atoms with Gasteiger partial charge in [0, 0.05) is 10.8 Å². The normalized spacial score (nSPS) is 11.0. The fraction of sp³-hybridized carbons (Fsp3) is 0.267. The van der Waals surface area contributed by atoms with E-state index in [-0.39, 0.29) is 11.8 Å². The van der Waals surface area contributed by atoms with Crippen molar-refractivity contribution in [2.45, 2.75) is 26.3 Å². The second kappa shape index (κ2) is 6.41. The van der Waals surface area contributed by atoms with Crippen molar-refractivity contribution in [3.8, 4) is 10.8 Å². The molecule has 0 saturated heterocycles. The van der Waals surface area contributed by atoms with E-state index < -0.39 is 0 Å². The lowest BCUT2D eigenvalue weighted by molar-refractivity contribution is 0.0955. The first-order chi connectivity index (χ1) is 10.6. The number of carbonyl (C=O) groups is 1. The van der Waals surface area contributed by atoms with Gasteiger partial charge in [0.25, 0.3) is 11.8 Å². The van der Waals surface area contributed by atoms with Gasteiger partial charge in [-0.2, -0.15) is 4.98 Å². The summed E-state index contributed by atoms with van der Waals surface area (Å²) < 4.78 is 5.27. The summed E-state index contributed by atoms with van der Waals surface area (Å²) in [7, 11) is 0. The van der Waals surface area contributed by atoms with Crippen molar-refractivity contribution in [1.29, 1.82) is 0 Å². The van der Waals surface area contributed by atoms with Gasteiger partial charge in [0.1, 0.15) is 0 Å². The molecule has 5 nitrogen and oxygen atoms in total. The fourth-order valence-electron chi connectivity index (χ4n) is 1.82. The molecule has 0 spiro atoms. The molecule has 3 aromatic heterocycles. The molecular weight excluding hydrogens is 318 g/mol. The minimum atomic E-state index is -0.0511. The minimum Gasteiger partial charge on any atom is -0.346 e. The summed E-state index contributed by atoms with van der Waals surface area (Å²) in [5, 5.41) is 8.76. The van der Waals surface area contributed by atoms with E-state index in [9.17, 15) is 4.79 Å². The van der Waals surface area contributed by atoms with E-state index in [1.165, 1.54) is 11.3 Å². The molecule has 0 fully saturated rings. The standard InChI is InChI=1S/C15H15N3O2S2/c1-9(2)13-17-15(20-18-13)12-6-5-10(22-12)8-16-14(19)11-4-3-7-21-11/h3-7,9H,8H2,1-2H3,(H,16,19). The van der Waals surface area contributed by atoms with Crippen LogP contribution in [0, 0.1) is 0 Å². The molecule has 3 rings (SSSR count). The molecule has 1 N–H and O–H groups in total. The smallest absolute Gasteiger partial charge is 0.268 e. The molecule has 0 unspecified atom stereocenters. The first kappa shape index (κ1) is 14.9. The number of carbonyl (C=O) groups excluding carboxylic acids is 1. The topological polar surface area (TPSA) is 68.0 Å². The predicted octanol–water partition coefficient (Wildman–Crippen LogP) is 3.91. The molecule has 1 amide bonds. The number of amides is 1. The number of hydrogen-bond acceptors (Lipinski definition) is 6. The number of aromatic nitrogens is 2. The lowest BCUT2D eigenvalue weighted by Gasteiger charge is -2.00. The molecule has 3 aromatic rings. The van der Waals surface area contributed by atoms with Gasteiger partial charge in [0.05, 0.1) is 16.3 Å². The van der Waals surface area contributed by atoms with Crippen molar-refractivity contribution in [2.75, 3.05) is 0 Å². The summed E-state index contributed by atoms with van der Waals surface area (Å²) in [5.74, 6) is 1.42. The van der Waals surface area contributed by atoms with Crippen LogP contribution < -0.4 is 5.32 Å². The van der Waals surface area contributed by atoms with Crippen LogP contribution in [0.4, 0.5) is 0 Å². The zero-order valence-electron chi connectivity index (χ0n) is 12.2. The van der Waals surface area contributed by atoms with E-state index in [4.69, 9.17) is 4.52 Å². The Labute approximate surface area is 136 Å².